The number of nitrogens with zero attached hydrogens (tertiary/aromatic N) is 3. The molecule has 0 saturated heterocycles. The number of ether oxygens (including phenoxy) is 1. The van der Waals surface area contributed by atoms with Gasteiger partial charge in [0.1, 0.15) is 5.82 Å². The number of anilines is 1. The summed E-state index contributed by atoms with van der Waals surface area (Å²) in [5, 5.41) is 8.87. The molecule has 0 aliphatic rings. The lowest BCUT2D eigenvalue weighted by Gasteiger charge is -2.17. The zero-order valence-corrected chi connectivity index (χ0v) is 8.47. The highest BCUT2D eigenvalue weighted by Crippen LogP contribution is 2.06. The lowest BCUT2D eigenvalue weighted by molar-refractivity contribution is 0.206. The predicted molar refractivity (Wildman–Crippen MR) is 53.1 cm³/mol. The van der Waals surface area contributed by atoms with Crippen molar-refractivity contribution in [3.63, 3.8) is 0 Å². The fraction of sp³-hybridized carbons (Fsp3) is 0.556. The molecule has 0 fully saturated rings. The molecule has 0 aliphatic heterocycles. The van der Waals surface area contributed by atoms with Crippen molar-refractivity contribution in [1.29, 1.82) is 0 Å². The van der Waals surface area contributed by atoms with Gasteiger partial charge in [-0.15, -0.1) is 0 Å². The third-order valence-corrected chi connectivity index (χ3v) is 1.86. The van der Waals surface area contributed by atoms with Crippen LogP contribution in [0.15, 0.2) is 12.4 Å². The van der Waals surface area contributed by atoms with E-state index in [0.717, 1.165) is 12.4 Å². The average molecular weight is 197 g/mol. The molecule has 0 radical (unpaired) electrons. The number of rotatable bonds is 5. The third-order valence-electron chi connectivity index (χ3n) is 1.86. The molecule has 1 aromatic rings. The van der Waals surface area contributed by atoms with E-state index in [0.29, 0.717) is 12.3 Å². The zero-order valence-electron chi connectivity index (χ0n) is 8.47. The standard InChI is InChI=1S/C9H15N3O2/c1-12(3-4-14-2)9-6-10-5-8(7-13)11-9/h5-6,13H,3-4,7H2,1-2H3. The van der Waals surface area contributed by atoms with Gasteiger partial charge in [0.25, 0.3) is 0 Å². The zero-order chi connectivity index (χ0) is 10.4. The summed E-state index contributed by atoms with van der Waals surface area (Å²) in [4.78, 5) is 10.1. The summed E-state index contributed by atoms with van der Waals surface area (Å²) >= 11 is 0. The number of methoxy groups -OCH3 is 1. The van der Waals surface area contributed by atoms with Gasteiger partial charge in [-0.25, -0.2) is 4.98 Å². The molecule has 0 bridgehead atoms. The van der Waals surface area contributed by atoms with Crippen molar-refractivity contribution in [3.8, 4) is 0 Å². The molecule has 0 atom stereocenters. The molecule has 78 valence electrons. The van der Waals surface area contributed by atoms with E-state index in [1.54, 1.807) is 19.5 Å². The van der Waals surface area contributed by atoms with E-state index in [-0.39, 0.29) is 6.61 Å². The first-order chi connectivity index (χ1) is 6.77. The maximum atomic E-state index is 8.87. The van der Waals surface area contributed by atoms with E-state index in [9.17, 15) is 0 Å². The second-order valence-corrected chi connectivity index (χ2v) is 2.94. The van der Waals surface area contributed by atoms with Crippen LogP contribution in [0.5, 0.6) is 0 Å². The number of likely N-dealkylation sites (N-methyl/N-ethyl adjacent to an activating group) is 1. The van der Waals surface area contributed by atoms with Crippen LogP contribution in [0.25, 0.3) is 0 Å². The first kappa shape index (κ1) is 10.9. The van der Waals surface area contributed by atoms with Crippen molar-refractivity contribution >= 4 is 5.82 Å². The number of aliphatic hydroxyl groups is 1. The molecule has 0 aliphatic carbocycles. The van der Waals surface area contributed by atoms with Crippen LogP contribution in [0, 0.1) is 0 Å². The summed E-state index contributed by atoms with van der Waals surface area (Å²) in [6.45, 7) is 1.31. The monoisotopic (exact) mass is 197 g/mol. The minimum Gasteiger partial charge on any atom is -0.390 e. The van der Waals surface area contributed by atoms with Crippen molar-refractivity contribution in [1.82, 2.24) is 9.97 Å². The maximum Gasteiger partial charge on any atom is 0.147 e. The van der Waals surface area contributed by atoms with Crippen LogP contribution in [0.2, 0.25) is 0 Å². The smallest absolute Gasteiger partial charge is 0.147 e. The molecule has 0 aromatic carbocycles. The van der Waals surface area contributed by atoms with Gasteiger partial charge in [-0.2, -0.15) is 0 Å². The molecule has 1 rings (SSSR count). The van der Waals surface area contributed by atoms with Gasteiger partial charge in [0.2, 0.25) is 0 Å². The Morgan fingerprint density at radius 2 is 2.29 bits per heavy atom. The van der Waals surface area contributed by atoms with E-state index in [1.165, 1.54) is 0 Å². The first-order valence-electron chi connectivity index (χ1n) is 4.39. The molecule has 0 saturated carbocycles. The second kappa shape index (κ2) is 5.51. The number of hydrogen-bond acceptors (Lipinski definition) is 5. The van der Waals surface area contributed by atoms with Crippen LogP contribution in [0.1, 0.15) is 5.69 Å². The Hall–Kier alpha value is -1.20. The second-order valence-electron chi connectivity index (χ2n) is 2.94. The lowest BCUT2D eigenvalue weighted by atomic mass is 10.4. The Morgan fingerprint density at radius 1 is 1.50 bits per heavy atom. The molecular weight excluding hydrogens is 182 g/mol. The van der Waals surface area contributed by atoms with Gasteiger partial charge in [-0.05, 0) is 0 Å². The van der Waals surface area contributed by atoms with Crippen molar-refractivity contribution < 1.29 is 9.84 Å². The van der Waals surface area contributed by atoms with Crippen LogP contribution in [0.3, 0.4) is 0 Å². The predicted octanol–water partition coefficient (Wildman–Crippen LogP) is 0.0515. The van der Waals surface area contributed by atoms with Crippen molar-refractivity contribution in [2.75, 3.05) is 32.2 Å². The van der Waals surface area contributed by atoms with Crippen molar-refractivity contribution in [2.45, 2.75) is 6.61 Å². The molecule has 1 aromatic heterocycles. The van der Waals surface area contributed by atoms with Gasteiger partial charge >= 0.3 is 0 Å². The molecule has 1 N–H and O–H groups in total. The fourth-order valence-electron chi connectivity index (χ4n) is 0.998. The fourth-order valence-corrected chi connectivity index (χ4v) is 0.998. The van der Waals surface area contributed by atoms with E-state index in [4.69, 9.17) is 9.84 Å². The van der Waals surface area contributed by atoms with Crippen molar-refractivity contribution in [2.24, 2.45) is 0 Å². The summed E-state index contributed by atoms with van der Waals surface area (Å²) in [6.07, 6.45) is 3.21. The topological polar surface area (TPSA) is 58.5 Å². The summed E-state index contributed by atoms with van der Waals surface area (Å²) in [5.41, 5.74) is 0.576. The highest BCUT2D eigenvalue weighted by Gasteiger charge is 2.03. The quantitative estimate of drug-likeness (QED) is 0.723. The Bertz CT molecular complexity index is 281. The van der Waals surface area contributed by atoms with Crippen LogP contribution in [-0.4, -0.2) is 42.4 Å². The minimum absolute atomic E-state index is 0.0844. The van der Waals surface area contributed by atoms with Gasteiger partial charge in [0.15, 0.2) is 0 Å². The molecule has 0 amide bonds. The SMILES string of the molecule is COCCN(C)c1cncc(CO)n1. The minimum atomic E-state index is -0.0844. The van der Waals surface area contributed by atoms with E-state index < -0.39 is 0 Å². The number of aliphatic hydroxyl groups excluding tert-OH is 1. The van der Waals surface area contributed by atoms with Crippen molar-refractivity contribution in [3.05, 3.63) is 18.1 Å². The summed E-state index contributed by atoms with van der Waals surface area (Å²) < 4.78 is 4.95. The van der Waals surface area contributed by atoms with E-state index >= 15 is 0 Å². The van der Waals surface area contributed by atoms with Crippen LogP contribution in [-0.2, 0) is 11.3 Å². The lowest BCUT2D eigenvalue weighted by Crippen LogP contribution is -2.23. The largest absolute Gasteiger partial charge is 0.390 e. The Morgan fingerprint density at radius 3 is 2.93 bits per heavy atom. The van der Waals surface area contributed by atoms with Crippen LogP contribution < -0.4 is 4.90 Å². The van der Waals surface area contributed by atoms with Gasteiger partial charge in [0, 0.05) is 20.7 Å². The summed E-state index contributed by atoms with van der Waals surface area (Å²) in [5.74, 6) is 0.744. The van der Waals surface area contributed by atoms with E-state index in [2.05, 4.69) is 9.97 Å². The molecule has 1 heterocycles. The summed E-state index contributed by atoms with van der Waals surface area (Å²) in [6, 6.07) is 0. The normalized spacial score (nSPS) is 10.2. The molecule has 5 nitrogen and oxygen atoms in total. The Balaban J connectivity index is 2.64. The number of hydrogen-bond donors (Lipinski definition) is 1. The third kappa shape index (κ3) is 2.93. The van der Waals surface area contributed by atoms with Gasteiger partial charge < -0.3 is 14.7 Å². The Kier molecular flexibility index (Phi) is 4.28. The van der Waals surface area contributed by atoms with Gasteiger partial charge in [-0.1, -0.05) is 0 Å². The molecular formula is C9H15N3O2. The molecule has 0 unspecified atom stereocenters. The van der Waals surface area contributed by atoms with Crippen LogP contribution >= 0.6 is 0 Å². The maximum absolute atomic E-state index is 8.87. The molecule has 5 heteroatoms. The molecule has 0 spiro atoms. The first-order valence-corrected chi connectivity index (χ1v) is 4.39. The Labute approximate surface area is 83.4 Å². The van der Waals surface area contributed by atoms with E-state index in [1.807, 2.05) is 11.9 Å². The van der Waals surface area contributed by atoms with Crippen LogP contribution in [0.4, 0.5) is 5.82 Å². The highest BCUT2D eigenvalue weighted by molar-refractivity contribution is 5.34. The van der Waals surface area contributed by atoms with Gasteiger partial charge in [0.05, 0.1) is 31.3 Å². The average Bonchev–Trinajstić information content (AvgIpc) is 2.26. The number of aromatic nitrogens is 2. The highest BCUT2D eigenvalue weighted by atomic mass is 16.5. The molecule has 14 heavy (non-hydrogen) atoms. The summed E-state index contributed by atoms with van der Waals surface area (Å²) in [7, 11) is 3.56. The van der Waals surface area contributed by atoms with Gasteiger partial charge in [-0.3, -0.25) is 4.98 Å².